The number of benzene rings is 2. The van der Waals surface area contributed by atoms with Crippen molar-refractivity contribution in [3.63, 3.8) is 0 Å². The molecular formula is C21H24N2O4S2. The zero-order valence-electron chi connectivity index (χ0n) is 16.5. The van der Waals surface area contributed by atoms with E-state index < -0.39 is 10.0 Å². The SMILES string of the molecule is CSc1ccc(S(=O)(=O)N2c3ccccc3C[C@@H]2C)cc1C(=O)N1CCOCC1. The van der Waals surface area contributed by atoms with Crippen LogP contribution in [0.4, 0.5) is 5.69 Å². The van der Waals surface area contributed by atoms with E-state index in [1.807, 2.05) is 37.4 Å². The molecule has 1 saturated heterocycles. The third kappa shape index (κ3) is 3.65. The minimum atomic E-state index is -3.78. The highest BCUT2D eigenvalue weighted by atomic mass is 32.2. The zero-order valence-corrected chi connectivity index (χ0v) is 18.1. The van der Waals surface area contributed by atoms with Crippen LogP contribution in [0.25, 0.3) is 0 Å². The first-order chi connectivity index (χ1) is 13.9. The Balaban J connectivity index is 1.74. The number of rotatable bonds is 4. The topological polar surface area (TPSA) is 66.9 Å². The number of anilines is 1. The number of carbonyl (C=O) groups is 1. The number of amides is 1. The largest absolute Gasteiger partial charge is 0.378 e. The second-order valence-corrected chi connectivity index (χ2v) is 9.91. The maximum atomic E-state index is 13.5. The summed E-state index contributed by atoms with van der Waals surface area (Å²) in [6, 6.07) is 12.3. The minimum Gasteiger partial charge on any atom is -0.378 e. The third-order valence-corrected chi connectivity index (χ3v) is 8.12. The van der Waals surface area contributed by atoms with Gasteiger partial charge in [-0.15, -0.1) is 11.8 Å². The van der Waals surface area contributed by atoms with Gasteiger partial charge in [-0.3, -0.25) is 9.10 Å². The van der Waals surface area contributed by atoms with Gasteiger partial charge in [0, 0.05) is 24.0 Å². The van der Waals surface area contributed by atoms with Crippen LogP contribution in [-0.2, 0) is 21.2 Å². The molecule has 0 radical (unpaired) electrons. The molecule has 154 valence electrons. The number of hydrogen-bond donors (Lipinski definition) is 0. The molecule has 0 bridgehead atoms. The summed E-state index contributed by atoms with van der Waals surface area (Å²) in [5.74, 6) is -0.149. The Kier molecular flexibility index (Phi) is 5.59. The van der Waals surface area contributed by atoms with Gasteiger partial charge in [-0.05, 0) is 49.4 Å². The van der Waals surface area contributed by atoms with Gasteiger partial charge in [-0.25, -0.2) is 8.42 Å². The molecule has 0 N–H and O–H groups in total. The lowest BCUT2D eigenvalue weighted by molar-refractivity contribution is 0.0300. The van der Waals surface area contributed by atoms with Gasteiger partial charge < -0.3 is 9.64 Å². The van der Waals surface area contributed by atoms with Crippen LogP contribution in [0, 0.1) is 0 Å². The number of fused-ring (bicyclic) bond motifs is 1. The summed E-state index contributed by atoms with van der Waals surface area (Å²) in [4.78, 5) is 15.7. The van der Waals surface area contributed by atoms with E-state index in [9.17, 15) is 13.2 Å². The number of ether oxygens (including phenoxy) is 1. The van der Waals surface area contributed by atoms with Gasteiger partial charge in [0.1, 0.15) is 0 Å². The molecule has 1 atom stereocenters. The highest BCUT2D eigenvalue weighted by Crippen LogP contribution is 2.37. The van der Waals surface area contributed by atoms with Gasteiger partial charge in [0.25, 0.3) is 15.9 Å². The lowest BCUT2D eigenvalue weighted by Crippen LogP contribution is -2.41. The third-order valence-electron chi connectivity index (χ3n) is 5.40. The number of morpholine rings is 1. The second-order valence-electron chi connectivity index (χ2n) is 7.25. The Morgan fingerprint density at radius 1 is 1.14 bits per heavy atom. The van der Waals surface area contributed by atoms with Crippen LogP contribution in [0.1, 0.15) is 22.8 Å². The highest BCUT2D eigenvalue weighted by molar-refractivity contribution is 7.98. The van der Waals surface area contributed by atoms with Gasteiger partial charge in [-0.2, -0.15) is 0 Å². The standard InChI is InChI=1S/C21H24N2O4S2/c1-15-13-16-5-3-4-6-19(16)23(15)29(25,26)17-7-8-20(28-2)18(14-17)21(24)22-9-11-27-12-10-22/h3-8,14-15H,9-13H2,1-2H3/t15-/m0/s1. The van der Waals surface area contributed by atoms with Crippen LogP contribution in [0.3, 0.4) is 0 Å². The smallest absolute Gasteiger partial charge is 0.264 e. The van der Waals surface area contributed by atoms with E-state index in [2.05, 4.69) is 0 Å². The lowest BCUT2D eigenvalue weighted by Gasteiger charge is -2.28. The molecular weight excluding hydrogens is 408 g/mol. The highest BCUT2D eigenvalue weighted by Gasteiger charge is 2.36. The Labute approximate surface area is 175 Å². The first-order valence-corrected chi connectivity index (χ1v) is 12.3. The van der Waals surface area contributed by atoms with Crippen LogP contribution < -0.4 is 4.31 Å². The van der Waals surface area contributed by atoms with Crippen molar-refractivity contribution in [2.24, 2.45) is 0 Å². The molecule has 2 aromatic carbocycles. The number of hydrogen-bond acceptors (Lipinski definition) is 5. The summed E-state index contributed by atoms with van der Waals surface area (Å²) < 4.78 is 33.9. The molecule has 6 nitrogen and oxygen atoms in total. The summed E-state index contributed by atoms with van der Waals surface area (Å²) in [6.45, 7) is 3.94. The fourth-order valence-corrected chi connectivity index (χ4v) is 6.26. The summed E-state index contributed by atoms with van der Waals surface area (Å²) in [5.41, 5.74) is 2.17. The molecule has 1 amide bonds. The van der Waals surface area contributed by atoms with Crippen molar-refractivity contribution in [1.82, 2.24) is 4.90 Å². The Morgan fingerprint density at radius 3 is 2.59 bits per heavy atom. The molecule has 8 heteroatoms. The molecule has 0 aliphatic carbocycles. The van der Waals surface area contributed by atoms with Crippen LogP contribution >= 0.6 is 11.8 Å². The van der Waals surface area contributed by atoms with E-state index in [1.54, 1.807) is 17.0 Å². The zero-order chi connectivity index (χ0) is 20.6. The fourth-order valence-electron chi connectivity index (χ4n) is 3.97. The average molecular weight is 433 g/mol. The first-order valence-electron chi connectivity index (χ1n) is 9.61. The maximum absolute atomic E-state index is 13.5. The van der Waals surface area contributed by atoms with Crippen molar-refractivity contribution >= 4 is 33.4 Å². The number of para-hydroxylation sites is 1. The van der Waals surface area contributed by atoms with Crippen molar-refractivity contribution in [1.29, 1.82) is 0 Å². The molecule has 0 saturated carbocycles. The molecule has 0 spiro atoms. The Hall–Kier alpha value is -2.03. The van der Waals surface area contributed by atoms with Crippen molar-refractivity contribution in [3.05, 3.63) is 53.6 Å². The van der Waals surface area contributed by atoms with Crippen molar-refractivity contribution < 1.29 is 17.9 Å². The quantitative estimate of drug-likeness (QED) is 0.695. The molecule has 1 fully saturated rings. The predicted octanol–water partition coefficient (Wildman–Crippen LogP) is 3.02. The van der Waals surface area contributed by atoms with E-state index in [4.69, 9.17) is 4.74 Å². The van der Waals surface area contributed by atoms with Gasteiger partial charge in [0.05, 0.1) is 29.4 Å². The molecule has 2 aromatic rings. The van der Waals surface area contributed by atoms with Gasteiger partial charge >= 0.3 is 0 Å². The van der Waals surface area contributed by atoms with Crippen molar-refractivity contribution in [2.75, 3.05) is 36.9 Å². The minimum absolute atomic E-state index is 0.149. The molecule has 0 unspecified atom stereocenters. The molecule has 2 aliphatic heterocycles. The summed E-state index contributed by atoms with van der Waals surface area (Å²) in [6.07, 6.45) is 2.57. The summed E-state index contributed by atoms with van der Waals surface area (Å²) >= 11 is 1.44. The number of sulfonamides is 1. The average Bonchev–Trinajstić information content (AvgIpc) is 3.09. The monoisotopic (exact) mass is 432 g/mol. The molecule has 2 heterocycles. The first kappa shape index (κ1) is 20.3. The van der Waals surface area contributed by atoms with Gasteiger partial charge in [0.15, 0.2) is 0 Å². The van der Waals surface area contributed by atoms with E-state index in [0.29, 0.717) is 38.3 Å². The van der Waals surface area contributed by atoms with Gasteiger partial charge in [0.2, 0.25) is 0 Å². The molecule has 0 aromatic heterocycles. The van der Waals surface area contributed by atoms with Crippen molar-refractivity contribution in [3.8, 4) is 0 Å². The summed E-state index contributed by atoms with van der Waals surface area (Å²) in [5, 5.41) is 0. The van der Waals surface area contributed by atoms with Gasteiger partial charge in [-0.1, -0.05) is 18.2 Å². The fraction of sp³-hybridized carbons (Fsp3) is 0.381. The Morgan fingerprint density at radius 2 is 1.86 bits per heavy atom. The maximum Gasteiger partial charge on any atom is 0.264 e. The van der Waals surface area contributed by atoms with E-state index in [1.165, 1.54) is 22.1 Å². The lowest BCUT2D eigenvalue weighted by atomic mass is 10.1. The number of nitrogens with zero attached hydrogens (tertiary/aromatic N) is 2. The summed E-state index contributed by atoms with van der Waals surface area (Å²) in [7, 11) is -3.78. The van der Waals surface area contributed by atoms with E-state index in [0.717, 1.165) is 16.1 Å². The number of carbonyl (C=O) groups excluding carboxylic acids is 1. The predicted molar refractivity (Wildman–Crippen MR) is 114 cm³/mol. The Bertz CT molecular complexity index is 1030. The normalized spacial score (nSPS) is 19.3. The van der Waals surface area contributed by atoms with E-state index in [-0.39, 0.29) is 16.8 Å². The molecule has 4 rings (SSSR count). The molecule has 2 aliphatic rings. The van der Waals surface area contributed by atoms with Crippen LogP contribution in [-0.4, -0.2) is 57.8 Å². The van der Waals surface area contributed by atoms with E-state index >= 15 is 0 Å². The number of thioether (sulfide) groups is 1. The molecule has 29 heavy (non-hydrogen) atoms. The second kappa shape index (κ2) is 8.01. The van der Waals surface area contributed by atoms with Crippen molar-refractivity contribution in [2.45, 2.75) is 29.2 Å². The van der Waals surface area contributed by atoms with Crippen LogP contribution in [0.5, 0.6) is 0 Å². The van der Waals surface area contributed by atoms with Crippen LogP contribution in [0.15, 0.2) is 52.3 Å². The van der Waals surface area contributed by atoms with Crippen LogP contribution in [0.2, 0.25) is 0 Å².